The SMILES string of the molecule is Cn1cc(C(=O)Nc2cc3cc(C4CCN([C@H]5COC[C@H]5O)CC4)c(Cl)cc3cn2)cn1. The van der Waals surface area contributed by atoms with Gasteiger partial charge in [-0.3, -0.25) is 14.4 Å². The number of hydrogen-bond acceptors (Lipinski definition) is 6. The van der Waals surface area contributed by atoms with E-state index in [0.717, 1.165) is 47.3 Å². The summed E-state index contributed by atoms with van der Waals surface area (Å²) in [5, 5.41) is 19.7. The highest BCUT2D eigenvalue weighted by atomic mass is 35.5. The number of carbonyl (C=O) groups excluding carboxylic acids is 1. The van der Waals surface area contributed by atoms with E-state index in [1.165, 1.54) is 6.20 Å². The average molecular weight is 456 g/mol. The number of halogens is 1. The lowest BCUT2D eigenvalue weighted by Crippen LogP contribution is -2.46. The first-order valence-electron chi connectivity index (χ1n) is 10.9. The van der Waals surface area contributed by atoms with E-state index in [0.29, 0.717) is 30.5 Å². The van der Waals surface area contributed by atoms with Crippen LogP contribution in [0.2, 0.25) is 5.02 Å². The van der Waals surface area contributed by atoms with E-state index in [1.54, 1.807) is 24.1 Å². The summed E-state index contributed by atoms with van der Waals surface area (Å²) in [6.07, 6.45) is 6.47. The maximum atomic E-state index is 12.4. The molecule has 2 N–H and O–H groups in total. The highest BCUT2D eigenvalue weighted by Crippen LogP contribution is 2.36. The fraction of sp³-hybridized carbons (Fsp3) is 0.435. The summed E-state index contributed by atoms with van der Waals surface area (Å²) in [7, 11) is 1.77. The molecular formula is C23H26ClN5O3. The fourth-order valence-corrected chi connectivity index (χ4v) is 5.04. The number of aliphatic hydroxyl groups is 1. The van der Waals surface area contributed by atoms with Crippen molar-refractivity contribution in [2.45, 2.75) is 30.9 Å². The number of nitrogens with one attached hydrogen (secondary N) is 1. The second-order valence-electron chi connectivity index (χ2n) is 8.63. The summed E-state index contributed by atoms with van der Waals surface area (Å²) < 4.78 is 7.00. The van der Waals surface area contributed by atoms with Crippen molar-refractivity contribution in [2.75, 3.05) is 31.6 Å². The van der Waals surface area contributed by atoms with E-state index < -0.39 is 6.10 Å². The number of hydrogen-bond donors (Lipinski definition) is 2. The van der Waals surface area contributed by atoms with Gasteiger partial charge in [-0.1, -0.05) is 11.6 Å². The molecular weight excluding hydrogens is 430 g/mol. The van der Waals surface area contributed by atoms with Gasteiger partial charge in [-0.25, -0.2) is 4.98 Å². The first-order chi connectivity index (χ1) is 15.5. The van der Waals surface area contributed by atoms with Crippen LogP contribution in [0.3, 0.4) is 0 Å². The van der Waals surface area contributed by atoms with Crippen molar-refractivity contribution in [3.63, 3.8) is 0 Å². The van der Waals surface area contributed by atoms with Crippen molar-refractivity contribution < 1.29 is 14.6 Å². The molecule has 0 radical (unpaired) electrons. The number of likely N-dealkylation sites (tertiary alicyclic amines) is 1. The molecule has 0 aliphatic carbocycles. The molecule has 32 heavy (non-hydrogen) atoms. The molecule has 5 rings (SSSR count). The Bertz CT molecular complexity index is 1140. The number of aromatic nitrogens is 3. The molecule has 0 bridgehead atoms. The molecule has 2 aliphatic rings. The molecule has 4 heterocycles. The quantitative estimate of drug-likeness (QED) is 0.628. The predicted octanol–water partition coefficient (Wildman–Crippen LogP) is 2.81. The van der Waals surface area contributed by atoms with Gasteiger partial charge in [0.1, 0.15) is 5.82 Å². The van der Waals surface area contributed by atoms with E-state index in [2.05, 4.69) is 26.4 Å². The topological polar surface area (TPSA) is 92.5 Å². The van der Waals surface area contributed by atoms with E-state index in [4.69, 9.17) is 16.3 Å². The predicted molar refractivity (Wildman–Crippen MR) is 122 cm³/mol. The van der Waals surface area contributed by atoms with Crippen molar-refractivity contribution in [1.82, 2.24) is 19.7 Å². The van der Waals surface area contributed by atoms with Gasteiger partial charge in [-0.15, -0.1) is 0 Å². The number of aryl methyl sites for hydroxylation is 1. The number of ether oxygens (including phenoxy) is 1. The first kappa shape index (κ1) is 21.3. The van der Waals surface area contributed by atoms with Gasteiger partial charge < -0.3 is 15.2 Å². The highest BCUT2D eigenvalue weighted by Gasteiger charge is 2.34. The molecule has 2 atom stereocenters. The Labute approximate surface area is 191 Å². The Kier molecular flexibility index (Phi) is 5.86. The minimum atomic E-state index is -0.399. The third kappa shape index (κ3) is 4.23. The van der Waals surface area contributed by atoms with Gasteiger partial charge in [0.15, 0.2) is 0 Å². The number of aliphatic hydroxyl groups excluding tert-OH is 1. The van der Waals surface area contributed by atoms with Crippen LogP contribution in [0.25, 0.3) is 10.8 Å². The van der Waals surface area contributed by atoms with Crippen molar-refractivity contribution in [2.24, 2.45) is 7.05 Å². The molecule has 9 heteroatoms. The summed E-state index contributed by atoms with van der Waals surface area (Å²) in [5.41, 5.74) is 1.61. The van der Waals surface area contributed by atoms with Crippen LogP contribution >= 0.6 is 11.6 Å². The Morgan fingerprint density at radius 1 is 1.19 bits per heavy atom. The number of nitrogens with zero attached hydrogens (tertiary/aromatic N) is 4. The Morgan fingerprint density at radius 2 is 2.00 bits per heavy atom. The molecule has 2 aliphatic heterocycles. The molecule has 2 fully saturated rings. The molecule has 1 amide bonds. The van der Waals surface area contributed by atoms with E-state index in [1.807, 2.05) is 12.1 Å². The van der Waals surface area contributed by atoms with Crippen LogP contribution in [0.5, 0.6) is 0 Å². The number of rotatable bonds is 4. The lowest BCUT2D eigenvalue weighted by molar-refractivity contribution is 0.0663. The zero-order valence-corrected chi connectivity index (χ0v) is 18.6. The average Bonchev–Trinajstić information content (AvgIpc) is 3.42. The lowest BCUT2D eigenvalue weighted by atomic mass is 9.87. The minimum Gasteiger partial charge on any atom is -0.389 e. The van der Waals surface area contributed by atoms with Crippen LogP contribution in [0, 0.1) is 0 Å². The summed E-state index contributed by atoms with van der Waals surface area (Å²) >= 11 is 6.65. The van der Waals surface area contributed by atoms with Crippen molar-refractivity contribution in [3.05, 3.63) is 52.9 Å². The number of carbonyl (C=O) groups is 1. The van der Waals surface area contributed by atoms with Crippen LogP contribution in [0.15, 0.2) is 36.8 Å². The minimum absolute atomic E-state index is 0.0973. The molecule has 2 saturated heterocycles. The molecule has 0 spiro atoms. The molecule has 1 aromatic carbocycles. The van der Waals surface area contributed by atoms with Gasteiger partial charge in [0, 0.05) is 29.9 Å². The summed E-state index contributed by atoms with van der Waals surface area (Å²) in [6.45, 7) is 2.84. The smallest absolute Gasteiger partial charge is 0.260 e. The second-order valence-corrected chi connectivity index (χ2v) is 9.04. The summed E-state index contributed by atoms with van der Waals surface area (Å²) in [4.78, 5) is 19.1. The second kappa shape index (κ2) is 8.78. The van der Waals surface area contributed by atoms with E-state index in [9.17, 15) is 9.90 Å². The number of fused-ring (bicyclic) bond motifs is 1. The third-order valence-corrected chi connectivity index (χ3v) is 6.83. The Morgan fingerprint density at radius 3 is 2.69 bits per heavy atom. The van der Waals surface area contributed by atoms with Gasteiger partial charge in [-0.05, 0) is 61.0 Å². The molecule has 168 valence electrons. The third-order valence-electron chi connectivity index (χ3n) is 6.51. The number of piperidine rings is 1. The van der Waals surface area contributed by atoms with Crippen LogP contribution in [0.4, 0.5) is 5.82 Å². The lowest BCUT2D eigenvalue weighted by Gasteiger charge is -2.36. The standard InChI is InChI=1S/C23H26ClN5O3/c1-28-11-17(10-26-28)23(31)27-22-8-15-6-18(19(24)7-16(15)9-25-22)14-2-4-29(5-3-14)20-12-32-13-21(20)30/h6-11,14,20-21,30H,2-5,12-13H2,1H3,(H,25,27,31)/t20-,21+/m0/s1. The van der Waals surface area contributed by atoms with Gasteiger partial charge in [0.05, 0.1) is 37.1 Å². The van der Waals surface area contributed by atoms with Gasteiger partial charge in [-0.2, -0.15) is 5.10 Å². The first-order valence-corrected chi connectivity index (χ1v) is 11.2. The molecule has 0 saturated carbocycles. The van der Waals surface area contributed by atoms with Crippen molar-refractivity contribution >= 4 is 34.1 Å². The zero-order chi connectivity index (χ0) is 22.2. The van der Waals surface area contributed by atoms with Crippen molar-refractivity contribution in [1.29, 1.82) is 0 Å². The van der Waals surface area contributed by atoms with Crippen LogP contribution in [0.1, 0.15) is 34.7 Å². The maximum absolute atomic E-state index is 12.4. The summed E-state index contributed by atoms with van der Waals surface area (Å²) in [6, 6.07) is 6.05. The molecule has 2 aromatic heterocycles. The molecule has 8 nitrogen and oxygen atoms in total. The van der Waals surface area contributed by atoms with Gasteiger partial charge >= 0.3 is 0 Å². The maximum Gasteiger partial charge on any atom is 0.260 e. The van der Waals surface area contributed by atoms with E-state index >= 15 is 0 Å². The van der Waals surface area contributed by atoms with Crippen molar-refractivity contribution in [3.8, 4) is 0 Å². The Hall–Kier alpha value is -2.52. The van der Waals surface area contributed by atoms with E-state index in [-0.39, 0.29) is 11.9 Å². The normalized spacial score (nSPS) is 22.5. The largest absolute Gasteiger partial charge is 0.389 e. The van der Waals surface area contributed by atoms with Gasteiger partial charge in [0.25, 0.3) is 5.91 Å². The summed E-state index contributed by atoms with van der Waals surface area (Å²) in [5.74, 6) is 0.596. The monoisotopic (exact) mass is 455 g/mol. The Balaban J connectivity index is 1.32. The molecule has 0 unspecified atom stereocenters. The highest BCUT2D eigenvalue weighted by molar-refractivity contribution is 6.32. The molecule has 3 aromatic rings. The number of pyridine rings is 1. The van der Waals surface area contributed by atoms with Crippen LogP contribution < -0.4 is 5.32 Å². The van der Waals surface area contributed by atoms with Crippen LogP contribution in [-0.2, 0) is 11.8 Å². The van der Waals surface area contributed by atoms with Gasteiger partial charge in [0.2, 0.25) is 0 Å². The number of anilines is 1. The zero-order valence-electron chi connectivity index (χ0n) is 17.9. The van der Waals surface area contributed by atoms with Crippen LogP contribution in [-0.4, -0.2) is 69.1 Å². The fourth-order valence-electron chi connectivity index (χ4n) is 4.71. The number of benzene rings is 1. The number of amides is 1.